The number of benzene rings is 3. The molecule has 1 aliphatic carbocycles. The summed E-state index contributed by atoms with van der Waals surface area (Å²) in [5.74, 6) is -7.56. The number of rotatable bonds is 10. The molecule has 0 aliphatic heterocycles. The van der Waals surface area contributed by atoms with Gasteiger partial charge in [0.2, 0.25) is 0 Å². The van der Waals surface area contributed by atoms with Crippen molar-refractivity contribution in [3.8, 4) is 22.6 Å². The van der Waals surface area contributed by atoms with Crippen molar-refractivity contribution in [2.24, 2.45) is 5.92 Å². The van der Waals surface area contributed by atoms with Gasteiger partial charge in [0.25, 0.3) is 0 Å². The Morgan fingerprint density at radius 2 is 1.45 bits per heavy atom. The van der Waals surface area contributed by atoms with Crippen molar-refractivity contribution in [3.63, 3.8) is 0 Å². The maximum atomic E-state index is 15.2. The maximum Gasteiger partial charge on any atom is 0.432 e. The zero-order valence-electron chi connectivity index (χ0n) is 21.6. The second kappa shape index (κ2) is 12.5. The molecule has 0 saturated heterocycles. The standard InChI is InChI=1S/C30H28F8O2/c1-2-3-6-17-9-11-18(12-10-17)19-13-22(31)27(23(32)14-19)30(37,38)40-26-8-5-4-7-21(26)20-15-24(33)28(25(34)16-20)39-29(35)36/h4-5,7-8,13-18,29H,2-3,6,9-12H2,1H3. The van der Waals surface area contributed by atoms with Crippen molar-refractivity contribution >= 4 is 0 Å². The summed E-state index contributed by atoms with van der Waals surface area (Å²) >= 11 is 0. The fourth-order valence-corrected chi connectivity index (χ4v) is 5.28. The molecule has 0 unspecified atom stereocenters. The Balaban J connectivity index is 1.58. The van der Waals surface area contributed by atoms with E-state index in [9.17, 15) is 17.6 Å². The molecular weight excluding hydrogens is 544 g/mol. The molecule has 216 valence electrons. The number of halogens is 8. The Labute approximate surface area is 226 Å². The molecule has 0 aromatic heterocycles. The van der Waals surface area contributed by atoms with Crippen LogP contribution in [0.2, 0.25) is 0 Å². The minimum Gasteiger partial charge on any atom is -0.429 e. The monoisotopic (exact) mass is 572 g/mol. The van der Waals surface area contributed by atoms with Gasteiger partial charge in [-0.15, -0.1) is 0 Å². The lowest BCUT2D eigenvalue weighted by molar-refractivity contribution is -0.189. The van der Waals surface area contributed by atoms with Crippen molar-refractivity contribution < 1.29 is 44.6 Å². The Hall–Kier alpha value is -3.30. The van der Waals surface area contributed by atoms with E-state index in [1.807, 2.05) is 0 Å². The summed E-state index contributed by atoms with van der Waals surface area (Å²) in [6.07, 6.45) is 2.04. The molecule has 0 radical (unpaired) electrons. The fourth-order valence-electron chi connectivity index (χ4n) is 5.28. The molecule has 3 aromatic carbocycles. The van der Waals surface area contributed by atoms with E-state index in [4.69, 9.17) is 4.74 Å². The maximum absolute atomic E-state index is 15.2. The van der Waals surface area contributed by atoms with E-state index in [2.05, 4.69) is 11.7 Å². The van der Waals surface area contributed by atoms with E-state index < -0.39 is 53.1 Å². The highest BCUT2D eigenvalue weighted by atomic mass is 19.3. The molecule has 3 aromatic rings. The van der Waals surface area contributed by atoms with Crippen LogP contribution in [0.4, 0.5) is 35.1 Å². The smallest absolute Gasteiger partial charge is 0.429 e. The Morgan fingerprint density at radius 3 is 2.02 bits per heavy atom. The highest BCUT2D eigenvalue weighted by molar-refractivity contribution is 5.71. The third-order valence-electron chi connectivity index (χ3n) is 7.28. The molecule has 0 spiro atoms. The van der Waals surface area contributed by atoms with Gasteiger partial charge in [0.05, 0.1) is 0 Å². The van der Waals surface area contributed by atoms with E-state index in [1.165, 1.54) is 18.2 Å². The van der Waals surface area contributed by atoms with Crippen molar-refractivity contribution in [2.75, 3.05) is 0 Å². The van der Waals surface area contributed by atoms with Gasteiger partial charge in [0.15, 0.2) is 17.4 Å². The van der Waals surface area contributed by atoms with Gasteiger partial charge in [0, 0.05) is 5.56 Å². The van der Waals surface area contributed by atoms with Gasteiger partial charge in [-0.3, -0.25) is 0 Å². The molecule has 1 fully saturated rings. The summed E-state index contributed by atoms with van der Waals surface area (Å²) in [4.78, 5) is 0. The minimum absolute atomic E-state index is 0.145. The van der Waals surface area contributed by atoms with Crippen LogP contribution in [0.5, 0.6) is 11.5 Å². The molecule has 0 bridgehead atoms. The number of hydrogen-bond acceptors (Lipinski definition) is 2. The van der Waals surface area contributed by atoms with Gasteiger partial charge in [-0.2, -0.15) is 17.6 Å². The van der Waals surface area contributed by atoms with Crippen LogP contribution in [0, 0.1) is 29.2 Å². The summed E-state index contributed by atoms with van der Waals surface area (Å²) in [5.41, 5.74) is -1.92. The first-order valence-corrected chi connectivity index (χ1v) is 13.1. The number of ether oxygens (including phenoxy) is 2. The number of alkyl halides is 4. The quantitative estimate of drug-likeness (QED) is 0.225. The molecule has 1 saturated carbocycles. The van der Waals surface area contributed by atoms with Crippen LogP contribution < -0.4 is 9.47 Å². The average Bonchev–Trinajstić information content (AvgIpc) is 2.89. The summed E-state index contributed by atoms with van der Waals surface area (Å²) < 4.78 is 122. The largest absolute Gasteiger partial charge is 0.432 e. The Morgan fingerprint density at radius 1 is 0.850 bits per heavy atom. The van der Waals surface area contributed by atoms with E-state index >= 15 is 17.6 Å². The van der Waals surface area contributed by atoms with E-state index in [1.54, 1.807) is 0 Å². The minimum atomic E-state index is -4.50. The summed E-state index contributed by atoms with van der Waals surface area (Å²) in [7, 11) is 0. The highest BCUT2D eigenvalue weighted by Crippen LogP contribution is 2.43. The zero-order valence-corrected chi connectivity index (χ0v) is 21.6. The third kappa shape index (κ3) is 6.70. The van der Waals surface area contributed by atoms with Gasteiger partial charge >= 0.3 is 12.7 Å². The first-order valence-electron chi connectivity index (χ1n) is 13.1. The molecule has 2 nitrogen and oxygen atoms in total. The van der Waals surface area contributed by atoms with Gasteiger partial charge in [0.1, 0.15) is 22.9 Å². The van der Waals surface area contributed by atoms with Crippen LogP contribution in [-0.4, -0.2) is 6.61 Å². The first-order chi connectivity index (χ1) is 19.0. The molecule has 4 rings (SSSR count). The lowest BCUT2D eigenvalue weighted by atomic mass is 9.77. The van der Waals surface area contributed by atoms with Crippen molar-refractivity contribution in [2.45, 2.75) is 70.5 Å². The van der Waals surface area contributed by atoms with Crippen LogP contribution in [0.1, 0.15) is 68.9 Å². The Kier molecular flexibility index (Phi) is 9.26. The molecule has 0 atom stereocenters. The summed E-state index contributed by atoms with van der Waals surface area (Å²) in [6, 6.07) is 7.79. The number of para-hydroxylation sites is 1. The zero-order chi connectivity index (χ0) is 29.0. The average molecular weight is 573 g/mol. The van der Waals surface area contributed by atoms with Crippen LogP contribution in [-0.2, 0) is 6.11 Å². The lowest BCUT2D eigenvalue weighted by Gasteiger charge is -2.29. The third-order valence-corrected chi connectivity index (χ3v) is 7.28. The molecular formula is C30H28F8O2. The van der Waals surface area contributed by atoms with Crippen molar-refractivity contribution in [1.82, 2.24) is 0 Å². The topological polar surface area (TPSA) is 18.5 Å². The predicted molar refractivity (Wildman–Crippen MR) is 134 cm³/mol. The lowest BCUT2D eigenvalue weighted by Crippen LogP contribution is -2.26. The summed E-state index contributed by atoms with van der Waals surface area (Å²) in [6.45, 7) is -1.39. The highest BCUT2D eigenvalue weighted by Gasteiger charge is 2.42. The van der Waals surface area contributed by atoms with Crippen LogP contribution in [0.3, 0.4) is 0 Å². The van der Waals surface area contributed by atoms with Crippen LogP contribution in [0.15, 0.2) is 48.5 Å². The van der Waals surface area contributed by atoms with Gasteiger partial charge in [-0.05, 0) is 79.0 Å². The van der Waals surface area contributed by atoms with Crippen molar-refractivity contribution in [3.05, 3.63) is 82.9 Å². The SMILES string of the molecule is CCCCC1CCC(c2cc(F)c(C(F)(F)Oc3ccccc3-c3cc(F)c(OC(F)F)c(F)c3)c(F)c2)CC1. The van der Waals surface area contributed by atoms with E-state index in [0.717, 1.165) is 50.3 Å². The van der Waals surface area contributed by atoms with Crippen LogP contribution in [0.25, 0.3) is 11.1 Å². The molecule has 0 amide bonds. The number of hydrogen-bond donors (Lipinski definition) is 0. The van der Waals surface area contributed by atoms with Crippen LogP contribution >= 0.6 is 0 Å². The van der Waals surface area contributed by atoms with Gasteiger partial charge in [-0.1, -0.05) is 44.4 Å². The molecule has 1 aliphatic rings. The van der Waals surface area contributed by atoms with E-state index in [-0.39, 0.29) is 17.0 Å². The summed E-state index contributed by atoms with van der Waals surface area (Å²) in [5, 5.41) is 0. The second-order valence-corrected chi connectivity index (χ2v) is 9.98. The van der Waals surface area contributed by atoms with Crippen molar-refractivity contribution in [1.29, 1.82) is 0 Å². The fraction of sp³-hybridized carbons (Fsp3) is 0.400. The molecule has 0 heterocycles. The van der Waals surface area contributed by atoms with Gasteiger partial charge < -0.3 is 9.47 Å². The molecule has 40 heavy (non-hydrogen) atoms. The second-order valence-electron chi connectivity index (χ2n) is 9.98. The Bertz CT molecular complexity index is 1270. The number of unbranched alkanes of at least 4 members (excludes halogenated alkanes) is 1. The molecule has 0 N–H and O–H groups in total. The van der Waals surface area contributed by atoms with Gasteiger partial charge in [-0.25, -0.2) is 17.6 Å². The first kappa shape index (κ1) is 29.7. The molecule has 10 heteroatoms. The predicted octanol–water partition coefficient (Wildman–Crippen LogP) is 10.1. The normalized spacial score (nSPS) is 17.8. The van der Waals surface area contributed by atoms with E-state index in [0.29, 0.717) is 36.5 Å².